The molecule has 0 aliphatic heterocycles. The van der Waals surface area contributed by atoms with Crippen LogP contribution in [0.25, 0.3) is 0 Å². The van der Waals surface area contributed by atoms with Gasteiger partial charge in [-0.1, -0.05) is 25.1 Å². The Labute approximate surface area is 89.1 Å². The molecule has 0 amide bonds. The summed E-state index contributed by atoms with van der Waals surface area (Å²) in [4.78, 5) is 0. The molecule has 84 valence electrons. The molecule has 2 atom stereocenters. The van der Waals surface area contributed by atoms with Gasteiger partial charge in [0.15, 0.2) is 0 Å². The van der Waals surface area contributed by atoms with Gasteiger partial charge >= 0.3 is 0 Å². The van der Waals surface area contributed by atoms with Gasteiger partial charge in [-0.3, -0.25) is 0 Å². The molecule has 0 heterocycles. The van der Waals surface area contributed by atoms with Crippen molar-refractivity contribution in [3.63, 3.8) is 0 Å². The Bertz CT molecular complexity index is 264. The number of alkyl halides is 2. The number of hydrogen-bond donors (Lipinski definition) is 0. The molecule has 0 spiro atoms. The van der Waals surface area contributed by atoms with Crippen LogP contribution in [0.15, 0.2) is 30.3 Å². The van der Waals surface area contributed by atoms with Gasteiger partial charge in [-0.25, -0.2) is 8.78 Å². The van der Waals surface area contributed by atoms with Crippen LogP contribution in [0.4, 0.5) is 8.78 Å². The molecule has 0 radical (unpaired) electrons. The van der Waals surface area contributed by atoms with E-state index in [-0.39, 0.29) is 13.0 Å². The Morgan fingerprint density at radius 3 is 2.40 bits per heavy atom. The minimum absolute atomic E-state index is 0.0789. The first-order valence-electron chi connectivity index (χ1n) is 5.18. The molecule has 1 aromatic carbocycles. The molecule has 0 aliphatic rings. The predicted molar refractivity (Wildman–Crippen MR) is 56.6 cm³/mol. The van der Waals surface area contributed by atoms with E-state index in [0.717, 1.165) is 0 Å². The molecule has 0 aliphatic carbocycles. The van der Waals surface area contributed by atoms with Gasteiger partial charge in [-0.05, 0) is 18.6 Å². The van der Waals surface area contributed by atoms with E-state index in [1.165, 1.54) is 0 Å². The van der Waals surface area contributed by atoms with E-state index in [0.29, 0.717) is 12.2 Å². The molecule has 3 heteroatoms. The molecule has 15 heavy (non-hydrogen) atoms. The third kappa shape index (κ3) is 4.77. The van der Waals surface area contributed by atoms with Crippen molar-refractivity contribution >= 4 is 0 Å². The zero-order valence-electron chi connectivity index (χ0n) is 8.83. The fourth-order valence-corrected chi connectivity index (χ4v) is 1.22. The Kier molecular flexibility index (Phi) is 5.08. The Morgan fingerprint density at radius 2 is 1.80 bits per heavy atom. The van der Waals surface area contributed by atoms with Crippen molar-refractivity contribution in [2.24, 2.45) is 0 Å². The van der Waals surface area contributed by atoms with E-state index in [1.54, 1.807) is 19.1 Å². The van der Waals surface area contributed by atoms with Gasteiger partial charge in [0.1, 0.15) is 24.7 Å². The molecule has 0 aromatic heterocycles. The van der Waals surface area contributed by atoms with Gasteiger partial charge in [-0.2, -0.15) is 0 Å². The fourth-order valence-electron chi connectivity index (χ4n) is 1.22. The summed E-state index contributed by atoms with van der Waals surface area (Å²) in [5.41, 5.74) is 0. The summed E-state index contributed by atoms with van der Waals surface area (Å²) in [5.74, 6) is 0.618. The number of ether oxygens (including phenoxy) is 1. The average Bonchev–Trinajstić information content (AvgIpc) is 2.27. The molecular formula is C12H16F2O. The second kappa shape index (κ2) is 6.38. The molecule has 0 saturated carbocycles. The maximum Gasteiger partial charge on any atom is 0.137 e. The smallest absolute Gasteiger partial charge is 0.137 e. The lowest BCUT2D eigenvalue weighted by Crippen LogP contribution is -2.17. The molecular weight excluding hydrogens is 198 g/mol. The van der Waals surface area contributed by atoms with Gasteiger partial charge in [0, 0.05) is 6.42 Å². The minimum Gasteiger partial charge on any atom is -0.491 e. The lowest BCUT2D eigenvalue weighted by molar-refractivity contribution is 0.149. The normalized spacial score (nSPS) is 14.6. The SMILES string of the molecule is CCC(F)CC(F)COc1ccccc1. The molecule has 1 aromatic rings. The van der Waals surface area contributed by atoms with E-state index in [1.807, 2.05) is 18.2 Å². The Hall–Kier alpha value is -1.12. The second-order valence-corrected chi connectivity index (χ2v) is 3.46. The van der Waals surface area contributed by atoms with Crippen molar-refractivity contribution in [1.29, 1.82) is 0 Å². The molecule has 0 fully saturated rings. The highest BCUT2D eigenvalue weighted by Gasteiger charge is 2.14. The van der Waals surface area contributed by atoms with Gasteiger partial charge in [0.25, 0.3) is 0 Å². The minimum atomic E-state index is -1.24. The molecule has 0 N–H and O–H groups in total. The van der Waals surface area contributed by atoms with Gasteiger partial charge in [0.2, 0.25) is 0 Å². The Balaban J connectivity index is 2.25. The average molecular weight is 214 g/mol. The van der Waals surface area contributed by atoms with E-state index >= 15 is 0 Å². The van der Waals surface area contributed by atoms with Crippen LogP contribution in [-0.2, 0) is 0 Å². The summed E-state index contributed by atoms with van der Waals surface area (Å²) >= 11 is 0. The van der Waals surface area contributed by atoms with Crippen LogP contribution in [0.3, 0.4) is 0 Å². The number of para-hydroxylation sites is 1. The molecule has 0 saturated heterocycles. The maximum atomic E-state index is 13.2. The van der Waals surface area contributed by atoms with Crippen molar-refractivity contribution in [3.05, 3.63) is 30.3 Å². The van der Waals surface area contributed by atoms with Gasteiger partial charge in [-0.15, -0.1) is 0 Å². The summed E-state index contributed by atoms with van der Waals surface area (Å²) in [6.45, 7) is 1.62. The first kappa shape index (κ1) is 12.0. The number of halogens is 2. The third-order valence-electron chi connectivity index (χ3n) is 2.13. The van der Waals surface area contributed by atoms with E-state index in [4.69, 9.17) is 4.74 Å². The van der Waals surface area contributed by atoms with E-state index < -0.39 is 12.3 Å². The van der Waals surface area contributed by atoms with E-state index in [9.17, 15) is 8.78 Å². The molecule has 2 unspecified atom stereocenters. The highest BCUT2D eigenvalue weighted by molar-refractivity contribution is 5.20. The Morgan fingerprint density at radius 1 is 1.13 bits per heavy atom. The summed E-state index contributed by atoms with van der Waals surface area (Å²) in [6, 6.07) is 8.98. The molecule has 1 nitrogen and oxygen atoms in total. The van der Waals surface area contributed by atoms with Gasteiger partial charge in [0.05, 0.1) is 0 Å². The largest absolute Gasteiger partial charge is 0.491 e. The first-order chi connectivity index (χ1) is 7.22. The topological polar surface area (TPSA) is 9.23 Å². The summed E-state index contributed by atoms with van der Waals surface area (Å²) in [5, 5.41) is 0. The van der Waals surface area contributed by atoms with Crippen molar-refractivity contribution in [2.75, 3.05) is 6.61 Å². The van der Waals surface area contributed by atoms with Crippen molar-refractivity contribution in [3.8, 4) is 5.75 Å². The van der Waals surface area contributed by atoms with Crippen molar-refractivity contribution in [1.82, 2.24) is 0 Å². The zero-order chi connectivity index (χ0) is 11.1. The van der Waals surface area contributed by atoms with Crippen molar-refractivity contribution in [2.45, 2.75) is 32.1 Å². The predicted octanol–water partition coefficient (Wildman–Crippen LogP) is 3.54. The maximum absolute atomic E-state index is 13.2. The fraction of sp³-hybridized carbons (Fsp3) is 0.500. The summed E-state index contributed by atoms with van der Waals surface area (Å²) in [7, 11) is 0. The summed E-state index contributed by atoms with van der Waals surface area (Å²) in [6.07, 6.45) is -2.03. The first-order valence-corrected chi connectivity index (χ1v) is 5.18. The van der Waals surface area contributed by atoms with Crippen LogP contribution in [-0.4, -0.2) is 19.0 Å². The standard InChI is InChI=1S/C12H16F2O/c1-2-10(13)8-11(14)9-15-12-6-4-3-5-7-12/h3-7,10-11H,2,8-9H2,1H3. The van der Waals surface area contributed by atoms with E-state index in [2.05, 4.69) is 0 Å². The number of hydrogen-bond acceptors (Lipinski definition) is 1. The highest BCUT2D eigenvalue weighted by atomic mass is 19.1. The van der Waals surface area contributed by atoms with Crippen LogP contribution in [0.2, 0.25) is 0 Å². The number of rotatable bonds is 6. The molecule has 1 rings (SSSR count). The number of benzene rings is 1. The molecule has 0 bridgehead atoms. The summed E-state index contributed by atoms with van der Waals surface area (Å²) < 4.78 is 31.1. The lowest BCUT2D eigenvalue weighted by atomic mass is 10.1. The van der Waals surface area contributed by atoms with Crippen LogP contribution in [0.5, 0.6) is 5.75 Å². The van der Waals surface area contributed by atoms with Crippen LogP contribution in [0.1, 0.15) is 19.8 Å². The van der Waals surface area contributed by atoms with Crippen LogP contribution >= 0.6 is 0 Å². The van der Waals surface area contributed by atoms with Crippen LogP contribution in [0, 0.1) is 0 Å². The van der Waals surface area contributed by atoms with Gasteiger partial charge < -0.3 is 4.74 Å². The quantitative estimate of drug-likeness (QED) is 0.703. The highest BCUT2D eigenvalue weighted by Crippen LogP contribution is 2.13. The van der Waals surface area contributed by atoms with Crippen molar-refractivity contribution < 1.29 is 13.5 Å². The third-order valence-corrected chi connectivity index (χ3v) is 2.13. The monoisotopic (exact) mass is 214 g/mol. The lowest BCUT2D eigenvalue weighted by Gasteiger charge is -2.11. The van der Waals surface area contributed by atoms with Crippen LogP contribution < -0.4 is 4.74 Å². The second-order valence-electron chi connectivity index (χ2n) is 3.46. The zero-order valence-corrected chi connectivity index (χ0v) is 8.83.